The molecule has 0 bridgehead atoms. The van der Waals surface area contributed by atoms with Crippen molar-refractivity contribution in [3.05, 3.63) is 75.1 Å². The Hall–Kier alpha value is -2.81. The van der Waals surface area contributed by atoms with Gasteiger partial charge in [-0.25, -0.2) is 4.79 Å². The molecule has 0 spiro atoms. The fourth-order valence-electron chi connectivity index (χ4n) is 4.41. The van der Waals surface area contributed by atoms with E-state index in [1.165, 1.54) is 28.0 Å². The summed E-state index contributed by atoms with van der Waals surface area (Å²) in [4.78, 5) is 40.9. The molecule has 0 saturated heterocycles. The second-order valence-corrected chi connectivity index (χ2v) is 11.8. The van der Waals surface area contributed by atoms with E-state index in [9.17, 15) is 14.4 Å². The van der Waals surface area contributed by atoms with Gasteiger partial charge in [-0.3, -0.25) is 9.59 Å². The Kier molecular flexibility index (Phi) is 9.88. The van der Waals surface area contributed by atoms with Crippen LogP contribution in [0, 0.1) is 0 Å². The number of thioether (sulfide) groups is 1. The molecule has 0 fully saturated rings. The number of aryl methyl sites for hydroxylation is 1. The second-order valence-electron chi connectivity index (χ2n) is 8.99. The average molecular weight is 571 g/mol. The molecule has 200 valence electrons. The number of nitrogens with one attached hydrogen (secondary N) is 2. The van der Waals surface area contributed by atoms with Gasteiger partial charge in [-0.2, -0.15) is 0 Å². The van der Waals surface area contributed by atoms with Crippen LogP contribution < -0.4 is 10.6 Å². The third kappa shape index (κ3) is 6.98. The third-order valence-corrected chi connectivity index (χ3v) is 9.06. The van der Waals surface area contributed by atoms with Crippen LogP contribution in [0.15, 0.2) is 53.4 Å². The Balaban J connectivity index is 1.48. The number of benzene rings is 2. The minimum Gasteiger partial charge on any atom is -0.462 e. The van der Waals surface area contributed by atoms with Crippen molar-refractivity contribution in [1.82, 2.24) is 0 Å². The van der Waals surface area contributed by atoms with Crippen LogP contribution in [0.25, 0.3) is 0 Å². The lowest BCUT2D eigenvalue weighted by Crippen LogP contribution is -2.25. The standard InChI is InChI=1S/C29H31ClN2O4S2/c1-3-23(37-21-13-9-12-20(17-21)31-26(33)18-10-8-11-19(30)16-18)27(34)32-28-25(29(35)36-4-2)22-14-6-5-7-15-24(22)38-28/h8-13,16-17,23H,3-7,14-15H2,1-2H3,(H,31,33)(H,32,34). The number of amides is 2. The molecule has 9 heteroatoms. The van der Waals surface area contributed by atoms with Crippen LogP contribution in [0.3, 0.4) is 0 Å². The molecule has 1 aliphatic carbocycles. The summed E-state index contributed by atoms with van der Waals surface area (Å²) in [5.74, 6) is -0.790. The molecule has 0 aliphatic heterocycles. The van der Waals surface area contributed by atoms with Crippen molar-refractivity contribution in [3.8, 4) is 0 Å². The Bertz CT molecular complexity index is 1320. The summed E-state index contributed by atoms with van der Waals surface area (Å²) < 4.78 is 5.35. The van der Waals surface area contributed by atoms with E-state index in [1.54, 1.807) is 37.3 Å². The van der Waals surface area contributed by atoms with E-state index in [0.29, 0.717) is 33.3 Å². The molecule has 38 heavy (non-hydrogen) atoms. The maximum absolute atomic E-state index is 13.4. The molecule has 3 aromatic rings. The van der Waals surface area contributed by atoms with E-state index >= 15 is 0 Å². The Morgan fingerprint density at radius 2 is 1.82 bits per heavy atom. The zero-order chi connectivity index (χ0) is 27.1. The quantitative estimate of drug-likeness (QED) is 0.157. The first-order valence-corrected chi connectivity index (χ1v) is 14.9. The molecule has 4 rings (SSSR count). The van der Waals surface area contributed by atoms with Crippen molar-refractivity contribution < 1.29 is 19.1 Å². The molecule has 1 unspecified atom stereocenters. The number of ether oxygens (including phenoxy) is 1. The normalized spacial score (nSPS) is 13.7. The summed E-state index contributed by atoms with van der Waals surface area (Å²) in [7, 11) is 0. The van der Waals surface area contributed by atoms with E-state index in [1.807, 2.05) is 25.1 Å². The number of fused-ring (bicyclic) bond motifs is 1. The first kappa shape index (κ1) is 28.2. The highest BCUT2D eigenvalue weighted by atomic mass is 35.5. The molecule has 1 aliphatic rings. The van der Waals surface area contributed by atoms with Crippen molar-refractivity contribution in [3.63, 3.8) is 0 Å². The number of rotatable bonds is 9. The highest BCUT2D eigenvalue weighted by Gasteiger charge is 2.28. The molecule has 2 N–H and O–H groups in total. The number of halogens is 1. The van der Waals surface area contributed by atoms with Gasteiger partial charge in [0.2, 0.25) is 5.91 Å². The maximum Gasteiger partial charge on any atom is 0.341 e. The van der Waals surface area contributed by atoms with Gasteiger partial charge in [0.25, 0.3) is 5.91 Å². The molecular formula is C29H31ClN2O4S2. The summed E-state index contributed by atoms with van der Waals surface area (Å²) in [5, 5.41) is 6.63. The van der Waals surface area contributed by atoms with Gasteiger partial charge in [0, 0.05) is 26.0 Å². The minimum absolute atomic E-state index is 0.159. The number of thiophene rings is 1. The number of hydrogen-bond donors (Lipinski definition) is 2. The maximum atomic E-state index is 13.4. The number of carbonyl (C=O) groups excluding carboxylic acids is 3. The van der Waals surface area contributed by atoms with E-state index < -0.39 is 0 Å². The van der Waals surface area contributed by atoms with Crippen LogP contribution in [0.2, 0.25) is 5.02 Å². The highest BCUT2D eigenvalue weighted by Crippen LogP contribution is 2.39. The molecule has 1 atom stereocenters. The first-order valence-electron chi connectivity index (χ1n) is 12.9. The Morgan fingerprint density at radius 1 is 1.03 bits per heavy atom. The highest BCUT2D eigenvalue weighted by molar-refractivity contribution is 8.00. The second kappa shape index (κ2) is 13.3. The first-order chi connectivity index (χ1) is 18.4. The third-order valence-electron chi connectivity index (χ3n) is 6.26. The summed E-state index contributed by atoms with van der Waals surface area (Å²) >= 11 is 8.93. The largest absolute Gasteiger partial charge is 0.462 e. The average Bonchev–Trinajstić information content (AvgIpc) is 3.07. The molecule has 2 aromatic carbocycles. The predicted octanol–water partition coefficient (Wildman–Crippen LogP) is 7.61. The lowest BCUT2D eigenvalue weighted by Gasteiger charge is -2.16. The van der Waals surface area contributed by atoms with Crippen LogP contribution in [0.5, 0.6) is 0 Å². The topological polar surface area (TPSA) is 84.5 Å². The fourth-order valence-corrected chi connectivity index (χ4v) is 6.89. The van der Waals surface area contributed by atoms with E-state index in [4.69, 9.17) is 16.3 Å². The predicted molar refractivity (Wildman–Crippen MR) is 156 cm³/mol. The van der Waals surface area contributed by atoms with Crippen LogP contribution >= 0.6 is 34.7 Å². The summed E-state index contributed by atoms with van der Waals surface area (Å²) in [5.41, 5.74) is 2.65. The molecule has 6 nitrogen and oxygen atoms in total. The monoisotopic (exact) mass is 570 g/mol. The Morgan fingerprint density at radius 3 is 2.58 bits per heavy atom. The smallest absolute Gasteiger partial charge is 0.341 e. The van der Waals surface area contributed by atoms with Crippen molar-refractivity contribution >= 4 is 63.2 Å². The van der Waals surface area contributed by atoms with Crippen molar-refractivity contribution in [1.29, 1.82) is 0 Å². The number of carbonyl (C=O) groups is 3. The van der Waals surface area contributed by atoms with Crippen molar-refractivity contribution in [2.75, 3.05) is 17.2 Å². The number of anilines is 2. The molecule has 0 radical (unpaired) electrons. The lowest BCUT2D eigenvalue weighted by molar-refractivity contribution is -0.115. The summed E-state index contributed by atoms with van der Waals surface area (Å²) in [6.07, 6.45) is 5.59. The van der Waals surface area contributed by atoms with Gasteiger partial charge in [0.15, 0.2) is 0 Å². The van der Waals surface area contributed by atoms with Gasteiger partial charge >= 0.3 is 5.97 Å². The van der Waals surface area contributed by atoms with E-state index in [0.717, 1.165) is 42.6 Å². The molecule has 1 aromatic heterocycles. The lowest BCUT2D eigenvalue weighted by atomic mass is 10.1. The van der Waals surface area contributed by atoms with Gasteiger partial charge in [0.05, 0.1) is 17.4 Å². The Labute approximate surface area is 236 Å². The van der Waals surface area contributed by atoms with Crippen molar-refractivity contribution in [2.45, 2.75) is 62.5 Å². The zero-order valence-corrected chi connectivity index (χ0v) is 23.9. The van der Waals surface area contributed by atoms with Gasteiger partial charge in [-0.1, -0.05) is 37.1 Å². The minimum atomic E-state index is -0.383. The summed E-state index contributed by atoms with van der Waals surface area (Å²) in [6.45, 7) is 4.03. The van der Waals surface area contributed by atoms with Crippen LogP contribution in [0.1, 0.15) is 70.7 Å². The van der Waals surface area contributed by atoms with Crippen LogP contribution in [-0.2, 0) is 22.4 Å². The number of hydrogen-bond acceptors (Lipinski definition) is 6. The number of esters is 1. The van der Waals surface area contributed by atoms with Gasteiger partial charge < -0.3 is 15.4 Å². The van der Waals surface area contributed by atoms with Crippen molar-refractivity contribution in [2.24, 2.45) is 0 Å². The zero-order valence-electron chi connectivity index (χ0n) is 21.5. The van der Waals surface area contributed by atoms with Gasteiger partial charge in [-0.15, -0.1) is 23.1 Å². The summed E-state index contributed by atoms with van der Waals surface area (Å²) in [6, 6.07) is 14.2. The molecular weight excluding hydrogens is 540 g/mol. The SMILES string of the molecule is CCOC(=O)c1c(NC(=O)C(CC)Sc2cccc(NC(=O)c3cccc(Cl)c3)c2)sc2c1CCCCC2. The van der Waals surface area contributed by atoms with E-state index in [2.05, 4.69) is 10.6 Å². The molecule has 2 amide bonds. The van der Waals surface area contributed by atoms with Gasteiger partial charge in [0.1, 0.15) is 5.00 Å². The van der Waals surface area contributed by atoms with E-state index in [-0.39, 0.29) is 29.6 Å². The van der Waals surface area contributed by atoms with Crippen LogP contribution in [-0.4, -0.2) is 29.6 Å². The fraction of sp³-hybridized carbons (Fsp3) is 0.345. The molecule has 0 saturated carbocycles. The van der Waals surface area contributed by atoms with Crippen LogP contribution in [0.4, 0.5) is 10.7 Å². The molecule has 1 heterocycles. The van der Waals surface area contributed by atoms with Gasteiger partial charge in [-0.05, 0) is 81.0 Å².